The minimum atomic E-state index is -5.05. The maximum atomic E-state index is 14.3. The number of halogens is 1. The molecule has 0 aliphatic carbocycles. The van der Waals surface area contributed by atoms with Crippen LogP contribution in [0.15, 0.2) is 97.8 Å². The van der Waals surface area contributed by atoms with Crippen LogP contribution in [0.3, 0.4) is 0 Å². The zero-order chi connectivity index (χ0) is 39.7. The van der Waals surface area contributed by atoms with E-state index < -0.39 is 92.8 Å². The van der Waals surface area contributed by atoms with Crippen LogP contribution in [0.4, 0.5) is 33.3 Å². The Morgan fingerprint density at radius 1 is 0.931 bits per heavy atom. The van der Waals surface area contributed by atoms with Crippen LogP contribution < -0.4 is 110 Å². The van der Waals surface area contributed by atoms with Crippen molar-refractivity contribution in [1.29, 1.82) is 0 Å². The number of carboxylic acids is 1. The van der Waals surface area contributed by atoms with Crippen molar-refractivity contribution in [2.45, 2.75) is 9.79 Å². The number of carboxylic acid groups (broad SMARTS) is 1. The number of azo groups is 1. The summed E-state index contributed by atoms with van der Waals surface area (Å²) < 4.78 is 111. The molecule has 3 aromatic carbocycles. The normalized spacial score (nSPS) is 11.3. The number of amidine groups is 1. The van der Waals surface area contributed by atoms with Gasteiger partial charge in [-0.3, -0.25) is 4.55 Å². The summed E-state index contributed by atoms with van der Waals surface area (Å²) in [6.07, 6.45) is -1.35. The van der Waals surface area contributed by atoms with Crippen molar-refractivity contribution in [2.75, 3.05) is 36.1 Å². The van der Waals surface area contributed by atoms with E-state index in [9.17, 15) is 54.4 Å². The summed E-state index contributed by atoms with van der Waals surface area (Å²) in [4.78, 5) is 24.4. The van der Waals surface area contributed by atoms with Crippen molar-refractivity contribution in [3.05, 3.63) is 89.9 Å². The van der Waals surface area contributed by atoms with E-state index in [-0.39, 0.29) is 143 Å². The maximum absolute atomic E-state index is 14.3. The summed E-state index contributed by atoms with van der Waals surface area (Å²) in [6.45, 7) is 2.92. The molecule has 0 saturated carbocycles. The average Bonchev–Trinajstić information content (AvgIpc) is 3.10. The summed E-state index contributed by atoms with van der Waals surface area (Å²) in [5.41, 5.74) is -2.57. The van der Waals surface area contributed by atoms with Gasteiger partial charge in [-0.25, -0.2) is 8.42 Å². The van der Waals surface area contributed by atoms with Crippen LogP contribution >= 0.6 is 10.6 Å². The molecule has 3 N–H and O–H groups in total. The van der Waals surface area contributed by atoms with E-state index in [0.29, 0.717) is 18.2 Å². The van der Waals surface area contributed by atoms with E-state index in [0.717, 1.165) is 17.5 Å². The van der Waals surface area contributed by atoms with E-state index in [1.54, 1.807) is 6.07 Å². The molecule has 0 saturated heterocycles. The number of ether oxygens (including phenoxy) is 1. The molecule has 0 spiro atoms. The zero-order valence-electron chi connectivity index (χ0n) is 30.4. The molecule has 0 aliphatic heterocycles. The number of nitrogens with one attached hydrogen (secondary N) is 2. The first-order valence-electron chi connectivity index (χ1n) is 14.6. The predicted octanol–water partition coefficient (Wildman–Crippen LogP) is -7.49. The molecule has 58 heavy (non-hydrogen) atoms. The first-order chi connectivity index (χ1) is 25.4. The van der Waals surface area contributed by atoms with E-state index in [2.05, 4.69) is 52.3 Å². The first-order valence-corrected chi connectivity index (χ1v) is 19.2. The standard InChI is InChI=1S/C29H28FN9O12S3.Cu.3Na/c1-2-52(43,44)13-12-51-11-10-31-28-33-27(30)34-29(35-28)32-22-15-19(54(48,49)50)16-23(24(22)40)37-39-25(17-6-4-3-5-7-17)38-36-21-14-18(53(45,46)47)8-9-20(21)26(41)42;;;;/h2-9,14-16H,1,10-13H2,(H7,31,32,33,34,35,36,37,41,42,43,44,45,46,47,48,49,50);;;;/q;+2;3*+1/p-4. The molecule has 1 radical (unpaired) electrons. The number of benzene rings is 3. The van der Waals surface area contributed by atoms with Gasteiger partial charge in [0.05, 0.1) is 34.5 Å². The molecular weight excluding hydrogens is 914 g/mol. The van der Waals surface area contributed by atoms with Crippen molar-refractivity contribution in [3.8, 4) is 5.75 Å². The fraction of sp³-hybridized carbons (Fsp3) is 0.138. The fourth-order valence-corrected chi connectivity index (χ4v) is 5.49. The van der Waals surface area contributed by atoms with Crippen molar-refractivity contribution in [1.82, 2.24) is 15.0 Å². The number of anilines is 3. The second kappa shape index (κ2) is 24.9. The van der Waals surface area contributed by atoms with E-state index >= 15 is 0 Å². The largest absolute Gasteiger partial charge is 2.00 e. The fourth-order valence-electron chi connectivity index (χ4n) is 3.95. The van der Waals surface area contributed by atoms with Gasteiger partial charge in [-0.05, 0) is 53.3 Å². The van der Waals surface area contributed by atoms with Gasteiger partial charge in [0, 0.05) is 22.9 Å². The summed E-state index contributed by atoms with van der Waals surface area (Å²) in [7, 11) is -13.6. The minimum Gasteiger partial charge on any atom is -0.870 e. The third-order valence-corrected chi connectivity index (χ3v) is 9.41. The topological polar surface area (TPSA) is 344 Å². The van der Waals surface area contributed by atoms with Gasteiger partial charge in [0.25, 0.3) is 10.1 Å². The number of aromatic carboxylic acids is 1. The van der Waals surface area contributed by atoms with Gasteiger partial charge in [-0.2, -0.15) is 27.8 Å². The first kappa shape index (κ1) is 55.8. The molecule has 1 heterocycles. The number of hydrogen-bond donors (Lipinski definition) is 3. The van der Waals surface area contributed by atoms with Gasteiger partial charge < -0.3 is 54.6 Å². The Bertz CT molecular complexity index is 2400. The van der Waals surface area contributed by atoms with Gasteiger partial charge in [-0.1, -0.05) is 40.7 Å². The van der Waals surface area contributed by atoms with Crippen LogP contribution in [-0.2, 0) is 42.0 Å². The van der Waals surface area contributed by atoms with Crippen LogP contribution in [-0.4, -0.2) is 92.1 Å². The number of aromatic nitrogens is 3. The molecule has 29 heteroatoms. The number of carbonyl (C=O) groups excluding carboxylic acids is 1. The zero-order valence-corrected chi connectivity index (χ0v) is 39.8. The van der Waals surface area contributed by atoms with Gasteiger partial charge in [0.15, 0.2) is 0 Å². The summed E-state index contributed by atoms with van der Waals surface area (Å²) in [6, 6.07) is 10.9. The van der Waals surface area contributed by atoms with Gasteiger partial charge in [0.2, 0.25) is 11.9 Å². The number of hydrogen-bond acceptors (Lipinski definition) is 18. The van der Waals surface area contributed by atoms with Gasteiger partial charge in [0.1, 0.15) is 26.6 Å². The molecule has 21 nitrogen and oxygen atoms in total. The molecule has 4 rings (SSSR count). The Morgan fingerprint density at radius 3 is 2.17 bits per heavy atom. The van der Waals surface area contributed by atoms with Crippen LogP contribution in [0.2, 0.25) is 0 Å². The van der Waals surface area contributed by atoms with Crippen molar-refractivity contribution in [2.24, 2.45) is 15.3 Å². The molecule has 0 atom stereocenters. The minimum absolute atomic E-state index is 0. The molecule has 0 bridgehead atoms. The van der Waals surface area contributed by atoms with Crippen LogP contribution in [0.5, 0.6) is 5.75 Å². The Morgan fingerprint density at radius 2 is 1.57 bits per heavy atom. The van der Waals surface area contributed by atoms with Gasteiger partial charge >= 0.3 is 118 Å². The molecule has 0 amide bonds. The summed E-state index contributed by atoms with van der Waals surface area (Å²) in [5, 5.41) is 42.0. The number of nitrogens with zero attached hydrogens (tertiary/aromatic N) is 7. The third kappa shape index (κ3) is 17.0. The van der Waals surface area contributed by atoms with Gasteiger partial charge in [-0.15, -0.1) is 0 Å². The second-order valence-electron chi connectivity index (χ2n) is 10.3. The molecule has 0 fully saturated rings. The van der Waals surface area contributed by atoms with Crippen LogP contribution in [0.1, 0.15) is 15.9 Å². The Labute approximate surface area is 408 Å². The monoisotopic (exact) mass is 937 g/mol. The molecule has 295 valence electrons. The number of rotatable bonds is 16. The average molecular weight is 938 g/mol. The molecule has 1 aromatic heterocycles. The van der Waals surface area contributed by atoms with Crippen molar-refractivity contribution >= 4 is 71.6 Å². The Balaban J connectivity index is 0.00000812. The maximum Gasteiger partial charge on any atom is 2.00 e. The second-order valence-corrected chi connectivity index (χ2v) is 15.1. The number of sulfone groups is 1. The quantitative estimate of drug-likeness (QED) is 0.0179. The van der Waals surface area contributed by atoms with Crippen molar-refractivity contribution in [3.63, 3.8) is 0 Å². The molecule has 0 aliphatic rings. The van der Waals surface area contributed by atoms with E-state index in [4.69, 9.17) is 4.74 Å². The molecule has 0 unspecified atom stereocenters. The SMILES string of the molecule is C=CS([O-])([O-])CCOCCNc1nc(F)nc(Nc2cc(S(=O)(=O)O)cc(N=NC(=[N+]=Nc3cc(S(=O)(=O)[O-])ccc3C(=O)[O-])c3ccccc3)c2[O-])n1.[Cu+2].[Na+].[Na+].[Na+]. The van der Waals surface area contributed by atoms with E-state index in [1.807, 2.05) is 0 Å². The smallest absolute Gasteiger partial charge is 0.870 e. The van der Waals surface area contributed by atoms with Crippen molar-refractivity contribution < 1.29 is 170 Å². The van der Waals surface area contributed by atoms with Crippen LogP contribution in [0.25, 0.3) is 0 Å². The molecular formula is C29H24CuFN9Na3O12S3+. The number of carbonyl (C=O) groups is 1. The van der Waals surface area contributed by atoms with E-state index in [1.165, 1.54) is 24.3 Å². The summed E-state index contributed by atoms with van der Waals surface area (Å²) in [5.74, 6) is -4.67. The van der Waals surface area contributed by atoms with Crippen LogP contribution in [0, 0.1) is 6.08 Å². The molecule has 4 aromatic rings. The Kier molecular flexibility index (Phi) is 23.9. The Hall–Kier alpha value is -2.24. The predicted molar refractivity (Wildman–Crippen MR) is 178 cm³/mol. The summed E-state index contributed by atoms with van der Waals surface area (Å²) >= 11 is 0. The third-order valence-electron chi connectivity index (χ3n) is 6.51.